The Labute approximate surface area is 273 Å². The quantitative estimate of drug-likeness (QED) is 0.205. The molecule has 0 spiro atoms. The maximum atomic E-state index is 13.6. The largest absolute Gasteiger partial charge is 0.378 e. The highest BCUT2D eigenvalue weighted by molar-refractivity contribution is 5.98. The van der Waals surface area contributed by atoms with Crippen LogP contribution in [0.5, 0.6) is 0 Å². The van der Waals surface area contributed by atoms with Crippen molar-refractivity contribution < 1.29 is 19.1 Å². The van der Waals surface area contributed by atoms with Crippen LogP contribution in [0.25, 0.3) is 22.5 Å². The number of benzene rings is 3. The van der Waals surface area contributed by atoms with Crippen LogP contribution in [-0.2, 0) is 20.7 Å². The number of amides is 3. The Kier molecular flexibility index (Phi) is 10.3. The molecule has 1 atom stereocenters. The van der Waals surface area contributed by atoms with E-state index in [0.717, 1.165) is 47.9 Å². The number of tetrazole rings is 1. The monoisotopic (exact) mass is 636 g/mol. The summed E-state index contributed by atoms with van der Waals surface area (Å²) in [5.41, 5.74) is 10.6. The van der Waals surface area contributed by atoms with Crippen molar-refractivity contribution in [2.24, 2.45) is 17.6 Å². The van der Waals surface area contributed by atoms with E-state index in [4.69, 9.17) is 10.5 Å². The third kappa shape index (κ3) is 8.08. The van der Waals surface area contributed by atoms with Crippen molar-refractivity contribution in [2.75, 3.05) is 38.2 Å². The maximum absolute atomic E-state index is 13.6. The molecular formula is C35H40N8O4. The standard InChI is InChI=1S/C35H40N8O4/c36-22-24-6-10-27(11-7-24)33(44)38-31(34(45)37-30-14-12-26(13-15-30)32-39-41-42-40-32)20-23-4-8-25(9-5-23)28-2-1-3-29(21-28)35(46)43-16-18-47-19-17-43/h1-5,8-9,12-15,21,24,27,31H,6-7,10-11,16-20,22,36H2,(H,37,45)(H,38,44)(H,39,40,41,42)/t24?,27?,31-/m0/s1. The van der Waals surface area contributed by atoms with Crippen LogP contribution in [0.1, 0.15) is 41.6 Å². The number of nitrogens with one attached hydrogen (secondary N) is 3. The van der Waals surface area contributed by atoms with Crippen LogP contribution in [0.4, 0.5) is 5.69 Å². The lowest BCUT2D eigenvalue weighted by Gasteiger charge is -2.28. The smallest absolute Gasteiger partial charge is 0.254 e. The van der Waals surface area contributed by atoms with E-state index < -0.39 is 6.04 Å². The van der Waals surface area contributed by atoms with Crippen LogP contribution in [0.15, 0.2) is 72.8 Å². The molecule has 2 fully saturated rings. The molecule has 0 bridgehead atoms. The summed E-state index contributed by atoms with van der Waals surface area (Å²) in [7, 11) is 0. The minimum absolute atomic E-state index is 0.00247. The van der Waals surface area contributed by atoms with Gasteiger partial charge >= 0.3 is 0 Å². The van der Waals surface area contributed by atoms with Gasteiger partial charge in [0.15, 0.2) is 0 Å². The maximum Gasteiger partial charge on any atom is 0.254 e. The summed E-state index contributed by atoms with van der Waals surface area (Å²) in [5.74, 6) is 0.349. The van der Waals surface area contributed by atoms with E-state index >= 15 is 0 Å². The molecule has 5 N–H and O–H groups in total. The van der Waals surface area contributed by atoms with E-state index in [0.29, 0.717) is 62.3 Å². The number of aromatic amines is 1. The Bertz CT molecular complexity index is 1650. The first-order valence-corrected chi connectivity index (χ1v) is 16.2. The summed E-state index contributed by atoms with van der Waals surface area (Å²) in [6, 6.07) is 21.8. The Hall–Kier alpha value is -4.94. The summed E-state index contributed by atoms with van der Waals surface area (Å²) in [4.78, 5) is 41.9. The molecule has 244 valence electrons. The summed E-state index contributed by atoms with van der Waals surface area (Å²) < 4.78 is 5.39. The summed E-state index contributed by atoms with van der Waals surface area (Å²) >= 11 is 0. The molecule has 12 nitrogen and oxygen atoms in total. The number of aromatic nitrogens is 4. The fourth-order valence-electron chi connectivity index (χ4n) is 6.23. The summed E-state index contributed by atoms with van der Waals surface area (Å²) in [6.45, 7) is 2.91. The van der Waals surface area contributed by atoms with E-state index in [9.17, 15) is 14.4 Å². The van der Waals surface area contributed by atoms with Crippen molar-refractivity contribution in [1.29, 1.82) is 0 Å². The van der Waals surface area contributed by atoms with Crippen molar-refractivity contribution in [3.63, 3.8) is 0 Å². The number of anilines is 1. The van der Waals surface area contributed by atoms with Crippen LogP contribution < -0.4 is 16.4 Å². The predicted octanol–water partition coefficient (Wildman–Crippen LogP) is 3.44. The molecule has 2 heterocycles. The first-order valence-electron chi connectivity index (χ1n) is 16.2. The third-order valence-corrected chi connectivity index (χ3v) is 9.07. The van der Waals surface area contributed by atoms with Gasteiger partial charge in [-0.15, -0.1) is 10.2 Å². The highest BCUT2D eigenvalue weighted by Crippen LogP contribution is 2.29. The zero-order valence-electron chi connectivity index (χ0n) is 26.2. The Morgan fingerprint density at radius 1 is 0.915 bits per heavy atom. The molecule has 0 unspecified atom stereocenters. The molecule has 3 amide bonds. The van der Waals surface area contributed by atoms with Crippen LogP contribution in [-0.4, -0.2) is 82.1 Å². The number of H-pyrrole nitrogens is 1. The van der Waals surface area contributed by atoms with E-state index in [-0.39, 0.29) is 23.6 Å². The molecular weight excluding hydrogens is 596 g/mol. The number of ether oxygens (including phenoxy) is 1. The fraction of sp³-hybridized carbons (Fsp3) is 0.371. The van der Waals surface area contributed by atoms with E-state index in [1.165, 1.54) is 0 Å². The molecule has 1 aliphatic heterocycles. The topological polar surface area (TPSA) is 168 Å². The Morgan fingerprint density at radius 3 is 2.32 bits per heavy atom. The van der Waals surface area contributed by atoms with Gasteiger partial charge in [0.05, 0.1) is 13.2 Å². The number of morpholine rings is 1. The SMILES string of the molecule is NCC1CCC(C(=O)N[C@@H](Cc2ccc(-c3cccc(C(=O)N4CCOCC4)c3)cc2)C(=O)Nc2ccc(-c3nn[nH]n3)cc2)CC1. The Balaban J connectivity index is 1.15. The van der Waals surface area contributed by atoms with Gasteiger partial charge in [-0.05, 0) is 96.4 Å². The second-order valence-corrected chi connectivity index (χ2v) is 12.2. The molecule has 2 aliphatic rings. The van der Waals surface area contributed by atoms with Crippen molar-refractivity contribution in [2.45, 2.75) is 38.1 Å². The van der Waals surface area contributed by atoms with Crippen molar-refractivity contribution in [3.8, 4) is 22.5 Å². The summed E-state index contributed by atoms with van der Waals surface area (Å²) in [6.07, 6.45) is 3.67. The van der Waals surface area contributed by atoms with Gasteiger partial charge in [0, 0.05) is 42.2 Å². The van der Waals surface area contributed by atoms with Crippen LogP contribution in [0.3, 0.4) is 0 Å². The number of carbonyl (C=O) groups is 3. The second-order valence-electron chi connectivity index (χ2n) is 12.2. The van der Waals surface area contributed by atoms with Crippen molar-refractivity contribution >= 4 is 23.4 Å². The molecule has 6 rings (SSSR count). The first kappa shape index (κ1) is 32.0. The molecule has 1 saturated carbocycles. The van der Waals surface area contributed by atoms with Gasteiger partial charge in [-0.3, -0.25) is 14.4 Å². The molecule has 47 heavy (non-hydrogen) atoms. The van der Waals surface area contributed by atoms with Crippen LogP contribution in [0.2, 0.25) is 0 Å². The average Bonchev–Trinajstić information content (AvgIpc) is 3.67. The minimum Gasteiger partial charge on any atom is -0.378 e. The number of rotatable bonds is 10. The molecule has 1 aliphatic carbocycles. The highest BCUT2D eigenvalue weighted by atomic mass is 16.5. The number of nitrogens with two attached hydrogens (primary N) is 1. The fourth-order valence-corrected chi connectivity index (χ4v) is 6.23. The summed E-state index contributed by atoms with van der Waals surface area (Å²) in [5, 5.41) is 20.0. The van der Waals surface area contributed by atoms with E-state index in [2.05, 4.69) is 31.3 Å². The van der Waals surface area contributed by atoms with E-state index in [1.54, 1.807) is 24.3 Å². The predicted molar refractivity (Wildman–Crippen MR) is 177 cm³/mol. The lowest BCUT2D eigenvalue weighted by molar-refractivity contribution is -0.130. The van der Waals surface area contributed by atoms with E-state index in [1.807, 2.05) is 53.4 Å². The zero-order valence-corrected chi connectivity index (χ0v) is 26.2. The molecule has 12 heteroatoms. The lowest BCUT2D eigenvalue weighted by Crippen LogP contribution is -2.48. The molecule has 1 aromatic heterocycles. The first-order chi connectivity index (χ1) is 23.0. The van der Waals surface area contributed by atoms with Gasteiger partial charge in [-0.25, -0.2) is 0 Å². The lowest BCUT2D eigenvalue weighted by atomic mass is 9.81. The Morgan fingerprint density at radius 2 is 1.64 bits per heavy atom. The van der Waals surface area contributed by atoms with Crippen LogP contribution in [0, 0.1) is 11.8 Å². The zero-order chi connectivity index (χ0) is 32.6. The second kappa shape index (κ2) is 15.1. The van der Waals surface area contributed by atoms with Crippen LogP contribution >= 0.6 is 0 Å². The number of hydrogen-bond donors (Lipinski definition) is 4. The average molecular weight is 637 g/mol. The van der Waals surface area contributed by atoms with Gasteiger partial charge in [0.25, 0.3) is 5.91 Å². The van der Waals surface area contributed by atoms with Gasteiger partial charge in [-0.1, -0.05) is 36.4 Å². The third-order valence-electron chi connectivity index (χ3n) is 9.07. The van der Waals surface area contributed by atoms with Gasteiger partial charge < -0.3 is 26.0 Å². The molecule has 3 aromatic carbocycles. The highest BCUT2D eigenvalue weighted by Gasteiger charge is 2.29. The molecule has 0 radical (unpaired) electrons. The normalized spacial score (nSPS) is 18.7. The van der Waals surface area contributed by atoms with Gasteiger partial charge in [0.2, 0.25) is 17.6 Å². The molecule has 1 saturated heterocycles. The minimum atomic E-state index is -0.785. The van der Waals surface area contributed by atoms with Crippen molar-refractivity contribution in [1.82, 2.24) is 30.8 Å². The molecule has 4 aromatic rings. The number of carbonyl (C=O) groups excluding carboxylic acids is 3. The van der Waals surface area contributed by atoms with Gasteiger partial charge in [0.1, 0.15) is 6.04 Å². The number of nitrogens with zero attached hydrogens (tertiary/aromatic N) is 4. The number of hydrogen-bond acceptors (Lipinski definition) is 8. The van der Waals surface area contributed by atoms with Crippen molar-refractivity contribution in [3.05, 3.63) is 83.9 Å². The van der Waals surface area contributed by atoms with Gasteiger partial charge in [-0.2, -0.15) is 5.21 Å².